The van der Waals surface area contributed by atoms with Gasteiger partial charge < -0.3 is 5.11 Å². The van der Waals surface area contributed by atoms with Crippen molar-refractivity contribution in [3.8, 4) is 0 Å². The van der Waals surface area contributed by atoms with Gasteiger partial charge in [-0.2, -0.15) is 0 Å². The highest BCUT2D eigenvalue weighted by Crippen LogP contribution is 2.46. The molecular formula is C17H24OS. The summed E-state index contributed by atoms with van der Waals surface area (Å²) in [6, 6.07) is 10.6. The first-order valence-corrected chi connectivity index (χ1v) is 8.62. The van der Waals surface area contributed by atoms with E-state index in [4.69, 9.17) is 0 Å². The van der Waals surface area contributed by atoms with Crippen LogP contribution in [0.4, 0.5) is 0 Å². The van der Waals surface area contributed by atoms with Gasteiger partial charge in [-0.05, 0) is 49.7 Å². The summed E-state index contributed by atoms with van der Waals surface area (Å²) in [7, 11) is 0. The van der Waals surface area contributed by atoms with Gasteiger partial charge in [-0.15, -0.1) is 11.8 Å². The minimum Gasteiger partial charge on any atom is -0.392 e. The van der Waals surface area contributed by atoms with Crippen molar-refractivity contribution in [2.75, 3.05) is 0 Å². The van der Waals surface area contributed by atoms with E-state index in [1.165, 1.54) is 49.8 Å². The molecule has 3 rings (SSSR count). The van der Waals surface area contributed by atoms with Crippen molar-refractivity contribution in [1.82, 2.24) is 0 Å². The van der Waals surface area contributed by atoms with Gasteiger partial charge in [-0.25, -0.2) is 0 Å². The molecule has 0 heterocycles. The smallest absolute Gasteiger partial charge is 0.0693 e. The molecule has 0 amide bonds. The number of aliphatic hydroxyl groups excluding tert-OH is 1. The Morgan fingerprint density at radius 2 is 1.58 bits per heavy atom. The van der Waals surface area contributed by atoms with E-state index in [2.05, 4.69) is 30.3 Å². The molecule has 1 N–H and O–H groups in total. The molecule has 1 aromatic carbocycles. The zero-order valence-corrected chi connectivity index (χ0v) is 12.3. The Bertz CT molecular complexity index is 382. The van der Waals surface area contributed by atoms with Crippen molar-refractivity contribution in [3.05, 3.63) is 30.3 Å². The van der Waals surface area contributed by atoms with Crippen LogP contribution in [-0.2, 0) is 0 Å². The fourth-order valence-electron chi connectivity index (χ4n) is 3.27. The minimum absolute atomic E-state index is 0.0991. The maximum atomic E-state index is 10.8. The third-order valence-electron chi connectivity index (χ3n) is 4.57. The first-order chi connectivity index (χ1) is 9.34. The van der Waals surface area contributed by atoms with Crippen LogP contribution in [0.2, 0.25) is 0 Å². The molecule has 2 saturated carbocycles. The van der Waals surface area contributed by atoms with Crippen LogP contribution in [0.25, 0.3) is 0 Å². The molecule has 0 aromatic heterocycles. The number of thioether (sulfide) groups is 1. The van der Waals surface area contributed by atoms with Crippen LogP contribution in [0.15, 0.2) is 35.2 Å². The average Bonchev–Trinajstić information content (AvgIpc) is 3.31. The fraction of sp³-hybridized carbons (Fsp3) is 0.647. The Balaban J connectivity index is 1.66. The van der Waals surface area contributed by atoms with E-state index in [0.29, 0.717) is 11.2 Å². The Labute approximate surface area is 120 Å². The first-order valence-electron chi connectivity index (χ1n) is 7.74. The molecule has 2 fully saturated rings. The third kappa shape index (κ3) is 3.55. The van der Waals surface area contributed by atoms with Crippen molar-refractivity contribution in [2.24, 2.45) is 11.8 Å². The molecule has 2 aliphatic carbocycles. The average molecular weight is 276 g/mol. The lowest BCUT2D eigenvalue weighted by molar-refractivity contribution is 0.0778. The van der Waals surface area contributed by atoms with Crippen LogP contribution in [-0.4, -0.2) is 16.5 Å². The topological polar surface area (TPSA) is 20.2 Å². The number of rotatable bonds is 5. The molecule has 1 aromatic rings. The zero-order chi connectivity index (χ0) is 13.1. The third-order valence-corrected chi connectivity index (χ3v) is 6.05. The second-order valence-corrected chi connectivity index (χ2v) is 7.37. The second-order valence-electron chi connectivity index (χ2n) is 6.12. The molecule has 0 spiro atoms. The number of aliphatic hydroxyl groups is 1. The van der Waals surface area contributed by atoms with Crippen LogP contribution in [0.5, 0.6) is 0 Å². The van der Waals surface area contributed by atoms with Gasteiger partial charge in [0.05, 0.1) is 6.10 Å². The van der Waals surface area contributed by atoms with Crippen molar-refractivity contribution in [1.29, 1.82) is 0 Å². The van der Waals surface area contributed by atoms with Crippen molar-refractivity contribution in [2.45, 2.75) is 61.2 Å². The summed E-state index contributed by atoms with van der Waals surface area (Å²) < 4.78 is 0. The van der Waals surface area contributed by atoms with E-state index >= 15 is 0 Å². The largest absolute Gasteiger partial charge is 0.392 e. The molecule has 2 aliphatic rings. The minimum atomic E-state index is -0.0991. The lowest BCUT2D eigenvalue weighted by Gasteiger charge is -2.32. The van der Waals surface area contributed by atoms with Gasteiger partial charge in [0.1, 0.15) is 0 Å². The normalized spacial score (nSPS) is 24.1. The molecule has 0 bridgehead atoms. The quantitative estimate of drug-likeness (QED) is 0.799. The molecule has 1 nitrogen and oxygen atoms in total. The summed E-state index contributed by atoms with van der Waals surface area (Å²) in [6.07, 6.45) is 8.99. The highest BCUT2D eigenvalue weighted by Gasteiger charge is 2.39. The monoisotopic (exact) mass is 276 g/mol. The Kier molecular flexibility index (Phi) is 4.49. The SMILES string of the molecule is OC(C1CCCCC1)C(Sc1ccccc1)C1CC1. The van der Waals surface area contributed by atoms with Gasteiger partial charge in [0.25, 0.3) is 0 Å². The van der Waals surface area contributed by atoms with Crippen molar-refractivity contribution < 1.29 is 5.11 Å². The molecule has 19 heavy (non-hydrogen) atoms. The molecule has 0 saturated heterocycles. The van der Waals surface area contributed by atoms with Gasteiger partial charge in [0, 0.05) is 10.1 Å². The highest BCUT2D eigenvalue weighted by molar-refractivity contribution is 8.00. The van der Waals surface area contributed by atoms with Crippen LogP contribution < -0.4 is 0 Å². The van der Waals surface area contributed by atoms with Gasteiger partial charge in [0.15, 0.2) is 0 Å². The van der Waals surface area contributed by atoms with E-state index in [9.17, 15) is 5.11 Å². The van der Waals surface area contributed by atoms with E-state index in [1.807, 2.05) is 11.8 Å². The van der Waals surface area contributed by atoms with Gasteiger partial charge >= 0.3 is 0 Å². The summed E-state index contributed by atoms with van der Waals surface area (Å²) in [5, 5.41) is 11.2. The summed E-state index contributed by atoms with van der Waals surface area (Å²) in [6.45, 7) is 0. The molecule has 0 radical (unpaired) electrons. The van der Waals surface area contributed by atoms with Gasteiger partial charge in [0.2, 0.25) is 0 Å². The molecule has 2 atom stereocenters. The van der Waals surface area contributed by atoms with E-state index in [0.717, 1.165) is 5.92 Å². The van der Waals surface area contributed by atoms with Crippen LogP contribution in [0.1, 0.15) is 44.9 Å². The predicted molar refractivity (Wildman–Crippen MR) is 81.4 cm³/mol. The van der Waals surface area contributed by atoms with Crippen molar-refractivity contribution >= 4 is 11.8 Å². The number of benzene rings is 1. The first kappa shape index (κ1) is 13.5. The number of hydrogen-bond donors (Lipinski definition) is 1. The number of hydrogen-bond acceptors (Lipinski definition) is 2. The molecule has 2 heteroatoms. The van der Waals surface area contributed by atoms with Gasteiger partial charge in [-0.1, -0.05) is 37.5 Å². The van der Waals surface area contributed by atoms with Crippen LogP contribution in [0.3, 0.4) is 0 Å². The van der Waals surface area contributed by atoms with E-state index < -0.39 is 0 Å². The molecular weight excluding hydrogens is 252 g/mol. The summed E-state index contributed by atoms with van der Waals surface area (Å²) in [4.78, 5) is 1.31. The molecule has 104 valence electrons. The summed E-state index contributed by atoms with van der Waals surface area (Å²) >= 11 is 1.91. The van der Waals surface area contributed by atoms with E-state index in [-0.39, 0.29) is 6.10 Å². The second kappa shape index (κ2) is 6.32. The van der Waals surface area contributed by atoms with Crippen LogP contribution >= 0.6 is 11.8 Å². The lowest BCUT2D eigenvalue weighted by Crippen LogP contribution is -2.34. The van der Waals surface area contributed by atoms with Crippen LogP contribution in [0, 0.1) is 11.8 Å². The standard InChI is InChI=1S/C17H24OS/c18-16(13-7-3-1-4-8-13)17(14-11-12-14)19-15-9-5-2-6-10-15/h2,5-6,9-10,13-14,16-18H,1,3-4,7-8,11-12H2. The highest BCUT2D eigenvalue weighted by atomic mass is 32.2. The molecule has 2 unspecified atom stereocenters. The summed E-state index contributed by atoms with van der Waals surface area (Å²) in [5.74, 6) is 1.30. The fourth-order valence-corrected chi connectivity index (χ4v) is 4.72. The molecule has 0 aliphatic heterocycles. The Hall–Kier alpha value is -0.470. The Morgan fingerprint density at radius 1 is 0.895 bits per heavy atom. The van der Waals surface area contributed by atoms with E-state index in [1.54, 1.807) is 0 Å². The maximum absolute atomic E-state index is 10.8. The van der Waals surface area contributed by atoms with Gasteiger partial charge in [-0.3, -0.25) is 0 Å². The maximum Gasteiger partial charge on any atom is 0.0693 e. The zero-order valence-electron chi connectivity index (χ0n) is 11.5. The summed E-state index contributed by atoms with van der Waals surface area (Å²) in [5.41, 5.74) is 0. The lowest BCUT2D eigenvalue weighted by atomic mass is 9.83. The predicted octanol–water partition coefficient (Wildman–Crippen LogP) is 4.50. The van der Waals surface area contributed by atoms with Crippen molar-refractivity contribution in [3.63, 3.8) is 0 Å². The Morgan fingerprint density at radius 3 is 2.21 bits per heavy atom.